The molecule has 24 heavy (non-hydrogen) atoms. The molecule has 122 valence electrons. The van der Waals surface area contributed by atoms with Gasteiger partial charge in [-0.05, 0) is 30.5 Å². The highest BCUT2D eigenvalue weighted by molar-refractivity contribution is 7.94. The van der Waals surface area contributed by atoms with Gasteiger partial charge in [0.1, 0.15) is 4.21 Å². The molecule has 3 heterocycles. The fourth-order valence-electron chi connectivity index (χ4n) is 2.36. The lowest BCUT2D eigenvalue weighted by molar-refractivity contribution is 0.603. The molecule has 0 spiro atoms. The summed E-state index contributed by atoms with van der Waals surface area (Å²) in [7, 11) is -3.51. The molecule has 0 radical (unpaired) electrons. The van der Waals surface area contributed by atoms with E-state index in [4.69, 9.17) is 0 Å². The number of aromatic nitrogens is 2. The van der Waals surface area contributed by atoms with E-state index in [0.29, 0.717) is 9.90 Å². The van der Waals surface area contributed by atoms with Crippen molar-refractivity contribution in [3.8, 4) is 11.3 Å². The Morgan fingerprint density at radius 1 is 1.12 bits per heavy atom. The van der Waals surface area contributed by atoms with Gasteiger partial charge in [-0.1, -0.05) is 18.2 Å². The van der Waals surface area contributed by atoms with Gasteiger partial charge in [0.2, 0.25) is 0 Å². The molecule has 0 fully saturated rings. The molecule has 3 aromatic heterocycles. The molecule has 4 aromatic rings. The number of fused-ring (bicyclic) bond motifs is 1. The van der Waals surface area contributed by atoms with E-state index in [2.05, 4.69) is 15.1 Å². The molecule has 0 unspecified atom stereocenters. The number of hydrogen-bond acceptors (Lipinski definition) is 5. The molecule has 0 aliphatic rings. The third-order valence-electron chi connectivity index (χ3n) is 3.58. The lowest BCUT2D eigenvalue weighted by Crippen LogP contribution is -2.11. The van der Waals surface area contributed by atoms with Crippen molar-refractivity contribution in [1.29, 1.82) is 0 Å². The van der Waals surface area contributed by atoms with Gasteiger partial charge in [-0.25, -0.2) is 13.4 Å². The van der Waals surface area contributed by atoms with Crippen LogP contribution in [-0.2, 0) is 10.0 Å². The zero-order valence-electron chi connectivity index (χ0n) is 12.6. The van der Waals surface area contributed by atoms with E-state index in [9.17, 15) is 8.42 Å². The van der Waals surface area contributed by atoms with Crippen LogP contribution >= 0.6 is 22.7 Å². The monoisotopic (exact) mass is 375 g/mol. The molecule has 4 rings (SSSR count). The molecule has 0 saturated carbocycles. The maximum atomic E-state index is 12.2. The Hall–Kier alpha value is -2.16. The minimum atomic E-state index is -3.51. The third kappa shape index (κ3) is 2.72. The van der Waals surface area contributed by atoms with E-state index in [1.807, 2.05) is 29.7 Å². The van der Waals surface area contributed by atoms with Crippen LogP contribution in [0, 0.1) is 6.92 Å². The van der Waals surface area contributed by atoms with Crippen molar-refractivity contribution in [3.63, 3.8) is 0 Å². The summed E-state index contributed by atoms with van der Waals surface area (Å²) in [6, 6.07) is 10.5. The zero-order valence-corrected chi connectivity index (χ0v) is 15.1. The van der Waals surface area contributed by atoms with Crippen molar-refractivity contribution in [1.82, 2.24) is 9.38 Å². The van der Waals surface area contributed by atoms with Crippen molar-refractivity contribution in [2.75, 3.05) is 4.72 Å². The van der Waals surface area contributed by atoms with Crippen molar-refractivity contribution in [2.24, 2.45) is 0 Å². The van der Waals surface area contributed by atoms with E-state index < -0.39 is 10.0 Å². The molecule has 0 aliphatic carbocycles. The van der Waals surface area contributed by atoms with E-state index in [0.717, 1.165) is 21.9 Å². The highest BCUT2D eigenvalue weighted by atomic mass is 32.2. The number of nitrogens with zero attached hydrogens (tertiary/aromatic N) is 2. The molecule has 0 amide bonds. The standard InChI is InChI=1S/C16H13N3O2S3/c1-11-10-23-16-17-14(9-19(11)16)12-4-6-13(7-5-12)18-24(20,21)15-3-2-8-22-15/h2-10,18H,1H3. The van der Waals surface area contributed by atoms with Gasteiger partial charge in [0.25, 0.3) is 10.0 Å². The fourth-order valence-corrected chi connectivity index (χ4v) is 5.27. The Balaban J connectivity index is 1.60. The normalized spacial score (nSPS) is 11.9. The fraction of sp³-hybridized carbons (Fsp3) is 0.0625. The topological polar surface area (TPSA) is 63.5 Å². The van der Waals surface area contributed by atoms with Crippen LogP contribution in [0.25, 0.3) is 16.2 Å². The summed E-state index contributed by atoms with van der Waals surface area (Å²) < 4.78 is 29.4. The summed E-state index contributed by atoms with van der Waals surface area (Å²) in [6.45, 7) is 2.04. The van der Waals surface area contributed by atoms with E-state index in [1.54, 1.807) is 41.0 Å². The van der Waals surface area contributed by atoms with E-state index in [1.165, 1.54) is 11.3 Å². The third-order valence-corrected chi connectivity index (χ3v) is 7.32. The summed E-state index contributed by atoms with van der Waals surface area (Å²) in [4.78, 5) is 5.54. The van der Waals surface area contributed by atoms with Gasteiger partial charge in [0.15, 0.2) is 4.96 Å². The van der Waals surface area contributed by atoms with Crippen molar-refractivity contribution >= 4 is 43.3 Å². The van der Waals surface area contributed by atoms with Gasteiger partial charge in [0, 0.05) is 28.5 Å². The average molecular weight is 376 g/mol. The highest BCUT2D eigenvalue weighted by Gasteiger charge is 2.15. The van der Waals surface area contributed by atoms with Crippen molar-refractivity contribution in [3.05, 3.63) is 59.0 Å². The summed E-state index contributed by atoms with van der Waals surface area (Å²) >= 11 is 2.79. The summed E-state index contributed by atoms with van der Waals surface area (Å²) in [5.74, 6) is 0. The van der Waals surface area contributed by atoms with Crippen LogP contribution in [0.3, 0.4) is 0 Å². The molecule has 5 nitrogen and oxygen atoms in total. The first-order valence-corrected chi connectivity index (χ1v) is 10.4. The van der Waals surface area contributed by atoms with Crippen LogP contribution in [0.15, 0.2) is 57.6 Å². The number of imidazole rings is 1. The quantitative estimate of drug-likeness (QED) is 0.580. The Morgan fingerprint density at radius 2 is 1.92 bits per heavy atom. The number of thiophene rings is 1. The maximum absolute atomic E-state index is 12.2. The van der Waals surface area contributed by atoms with Crippen LogP contribution in [0.4, 0.5) is 5.69 Å². The number of thiazole rings is 1. The van der Waals surface area contributed by atoms with Crippen LogP contribution < -0.4 is 4.72 Å². The molecule has 8 heteroatoms. The minimum absolute atomic E-state index is 0.302. The van der Waals surface area contributed by atoms with Gasteiger partial charge in [-0.2, -0.15) is 0 Å². The molecular formula is C16H13N3O2S3. The first kappa shape index (κ1) is 15.4. The Morgan fingerprint density at radius 3 is 2.58 bits per heavy atom. The van der Waals surface area contributed by atoms with Gasteiger partial charge in [0.05, 0.1) is 5.69 Å². The molecular weight excluding hydrogens is 362 g/mol. The van der Waals surface area contributed by atoms with E-state index >= 15 is 0 Å². The predicted octanol–water partition coefficient (Wildman–Crippen LogP) is 4.23. The summed E-state index contributed by atoms with van der Waals surface area (Å²) in [5, 5.41) is 3.80. The first-order valence-electron chi connectivity index (χ1n) is 7.13. The smallest absolute Gasteiger partial charge is 0.271 e. The SMILES string of the molecule is Cc1csc2nc(-c3ccc(NS(=O)(=O)c4cccs4)cc3)cn12. The number of hydrogen-bond donors (Lipinski definition) is 1. The van der Waals surface area contributed by atoms with Crippen molar-refractivity contribution < 1.29 is 8.42 Å². The Bertz CT molecular complexity index is 1090. The molecule has 0 bridgehead atoms. The lowest BCUT2D eigenvalue weighted by atomic mass is 10.1. The lowest BCUT2D eigenvalue weighted by Gasteiger charge is -2.06. The molecule has 0 aliphatic heterocycles. The first-order chi connectivity index (χ1) is 11.5. The zero-order chi connectivity index (χ0) is 16.7. The van der Waals surface area contributed by atoms with E-state index in [-0.39, 0.29) is 0 Å². The number of aryl methyl sites for hydroxylation is 1. The second kappa shape index (κ2) is 5.73. The second-order valence-corrected chi connectivity index (χ2v) is 8.96. The van der Waals surface area contributed by atoms with Crippen molar-refractivity contribution in [2.45, 2.75) is 11.1 Å². The van der Waals surface area contributed by atoms with Crippen LogP contribution in [0.5, 0.6) is 0 Å². The summed E-state index contributed by atoms with van der Waals surface area (Å²) in [6.07, 6.45) is 1.99. The second-order valence-electron chi connectivity index (χ2n) is 5.27. The van der Waals surface area contributed by atoms with Gasteiger partial charge < -0.3 is 0 Å². The number of sulfonamides is 1. The molecule has 0 atom stereocenters. The minimum Gasteiger partial charge on any atom is -0.294 e. The molecule has 1 aromatic carbocycles. The largest absolute Gasteiger partial charge is 0.294 e. The maximum Gasteiger partial charge on any atom is 0.271 e. The number of nitrogens with one attached hydrogen (secondary N) is 1. The number of anilines is 1. The summed E-state index contributed by atoms with van der Waals surface area (Å²) in [5.41, 5.74) is 3.50. The molecule has 0 saturated heterocycles. The average Bonchev–Trinajstić information content (AvgIpc) is 3.27. The predicted molar refractivity (Wildman–Crippen MR) is 98.4 cm³/mol. The number of benzene rings is 1. The van der Waals surface area contributed by atoms with Gasteiger partial charge in [-0.3, -0.25) is 9.12 Å². The van der Waals surface area contributed by atoms with Gasteiger partial charge in [-0.15, -0.1) is 22.7 Å². The van der Waals surface area contributed by atoms with Crippen LogP contribution in [0.1, 0.15) is 5.69 Å². The molecule has 1 N–H and O–H groups in total. The highest BCUT2D eigenvalue weighted by Crippen LogP contribution is 2.26. The Kier molecular flexibility index (Phi) is 3.67. The van der Waals surface area contributed by atoms with Crippen LogP contribution in [-0.4, -0.2) is 17.8 Å². The number of rotatable bonds is 4. The van der Waals surface area contributed by atoms with Crippen LogP contribution in [0.2, 0.25) is 0 Å². The van der Waals surface area contributed by atoms with Gasteiger partial charge >= 0.3 is 0 Å². The Labute approximate surface area is 147 Å².